The van der Waals surface area contributed by atoms with Crippen molar-refractivity contribution in [3.63, 3.8) is 0 Å². The highest BCUT2D eigenvalue weighted by Crippen LogP contribution is 2.48. The van der Waals surface area contributed by atoms with Crippen molar-refractivity contribution < 1.29 is 19.0 Å². The molecule has 7 nitrogen and oxygen atoms in total. The first-order chi connectivity index (χ1) is 16.6. The minimum absolute atomic E-state index is 0.122. The second kappa shape index (κ2) is 9.82. The quantitative estimate of drug-likeness (QED) is 0.617. The lowest BCUT2D eigenvalue weighted by Gasteiger charge is -2.43. The number of benzene rings is 1. The number of pyridine rings is 1. The fraction of sp³-hybridized carbons (Fsp3) is 0.538. The summed E-state index contributed by atoms with van der Waals surface area (Å²) in [7, 11) is 3.31. The lowest BCUT2D eigenvalue weighted by molar-refractivity contribution is -0.157. The Hall–Kier alpha value is -2.19. The zero-order valence-electron chi connectivity index (χ0n) is 19.8. The van der Waals surface area contributed by atoms with Crippen LogP contribution in [0.2, 0.25) is 5.02 Å². The molecular weight excluding hydrogens is 454 g/mol. The van der Waals surface area contributed by atoms with Gasteiger partial charge in [0.1, 0.15) is 5.60 Å². The monoisotopic (exact) mass is 485 g/mol. The summed E-state index contributed by atoms with van der Waals surface area (Å²) in [5, 5.41) is 4.12. The van der Waals surface area contributed by atoms with Crippen LogP contribution in [0.15, 0.2) is 30.5 Å². The third kappa shape index (κ3) is 4.42. The summed E-state index contributed by atoms with van der Waals surface area (Å²) in [6.45, 7) is 2.99. The van der Waals surface area contributed by atoms with E-state index < -0.39 is 5.60 Å². The molecule has 0 radical (unpaired) electrons. The number of hydrogen-bond acceptors (Lipinski definition) is 6. The van der Waals surface area contributed by atoms with Gasteiger partial charge in [-0.15, -0.1) is 0 Å². The molecule has 1 spiro atoms. The molecule has 1 aromatic heterocycles. The molecule has 34 heavy (non-hydrogen) atoms. The van der Waals surface area contributed by atoms with Gasteiger partial charge in [-0.3, -0.25) is 4.79 Å². The highest BCUT2D eigenvalue weighted by atomic mass is 35.5. The van der Waals surface area contributed by atoms with Gasteiger partial charge in [-0.1, -0.05) is 23.7 Å². The zero-order chi connectivity index (χ0) is 23.7. The van der Waals surface area contributed by atoms with Gasteiger partial charge in [0.25, 0.3) is 0 Å². The minimum Gasteiger partial charge on any atom is -0.481 e. The van der Waals surface area contributed by atoms with E-state index in [1.54, 1.807) is 14.2 Å². The molecule has 3 heterocycles. The third-order valence-electron chi connectivity index (χ3n) is 7.31. The van der Waals surface area contributed by atoms with Gasteiger partial charge >= 0.3 is 0 Å². The van der Waals surface area contributed by atoms with Crippen LogP contribution in [0.25, 0.3) is 0 Å². The number of aromatic nitrogens is 1. The molecule has 1 amide bonds. The van der Waals surface area contributed by atoms with E-state index in [1.165, 1.54) is 0 Å². The summed E-state index contributed by atoms with van der Waals surface area (Å²) in [4.78, 5) is 20.6. The van der Waals surface area contributed by atoms with Crippen molar-refractivity contribution in [3.05, 3.63) is 57.7 Å². The SMILES string of the molecule is COCCc1ccc(Cl)c(CN(C(=O)[C@H]2CNCCC23OCc2cnc(OC)cc23)C2CC2)c1. The molecule has 2 atom stereocenters. The Morgan fingerprint density at radius 3 is 2.94 bits per heavy atom. The number of halogens is 1. The first-order valence-corrected chi connectivity index (χ1v) is 12.4. The van der Waals surface area contributed by atoms with Gasteiger partial charge in [-0.25, -0.2) is 4.98 Å². The summed E-state index contributed by atoms with van der Waals surface area (Å²) in [5.74, 6) is 0.342. The van der Waals surface area contributed by atoms with Crippen molar-refractivity contribution in [2.75, 3.05) is 33.9 Å². The maximum Gasteiger partial charge on any atom is 0.230 e. The topological polar surface area (TPSA) is 72.9 Å². The van der Waals surface area contributed by atoms with Crippen LogP contribution in [0.5, 0.6) is 5.88 Å². The standard InChI is InChI=1S/C26H32ClN3O4/c1-32-10-7-17-3-6-23(27)18(11-17)15-30(20-4-5-20)25(31)22-14-28-9-8-26(22)21-12-24(33-2)29-13-19(21)16-34-26/h3,6,11-13,20,22,28H,4-5,7-10,14-16H2,1-2H3/t22-,26?/m1/s1. The van der Waals surface area contributed by atoms with E-state index in [1.807, 2.05) is 29.3 Å². The van der Waals surface area contributed by atoms with Crippen LogP contribution in [-0.4, -0.2) is 55.7 Å². The number of ether oxygens (including phenoxy) is 3. The summed E-state index contributed by atoms with van der Waals surface area (Å²) in [5.41, 5.74) is 3.55. The fourth-order valence-corrected chi connectivity index (χ4v) is 5.47. The first kappa shape index (κ1) is 23.5. The van der Waals surface area contributed by atoms with E-state index in [2.05, 4.69) is 16.4 Å². The van der Waals surface area contributed by atoms with Crippen LogP contribution < -0.4 is 10.1 Å². The Morgan fingerprint density at radius 2 is 2.18 bits per heavy atom. The molecule has 182 valence electrons. The Labute approximate surface area is 205 Å². The van der Waals surface area contributed by atoms with Crippen LogP contribution >= 0.6 is 11.6 Å². The van der Waals surface area contributed by atoms with Crippen molar-refractivity contribution in [1.29, 1.82) is 0 Å². The van der Waals surface area contributed by atoms with Crippen LogP contribution in [0.4, 0.5) is 0 Å². The third-order valence-corrected chi connectivity index (χ3v) is 7.68. The highest BCUT2D eigenvalue weighted by Gasteiger charge is 2.53. The number of nitrogens with one attached hydrogen (secondary N) is 1. The van der Waals surface area contributed by atoms with Crippen LogP contribution in [0.1, 0.15) is 41.5 Å². The number of carbonyl (C=O) groups is 1. The number of methoxy groups -OCH3 is 2. The maximum atomic E-state index is 14.2. The predicted octanol–water partition coefficient (Wildman–Crippen LogP) is 3.46. The lowest BCUT2D eigenvalue weighted by atomic mass is 9.75. The molecule has 1 aliphatic carbocycles. The summed E-state index contributed by atoms with van der Waals surface area (Å²) < 4.78 is 17.1. The Morgan fingerprint density at radius 1 is 1.32 bits per heavy atom. The summed E-state index contributed by atoms with van der Waals surface area (Å²) in [6.07, 6.45) is 5.41. The molecule has 2 aromatic rings. The average molecular weight is 486 g/mol. The molecule has 1 unspecified atom stereocenters. The molecule has 5 rings (SSSR count). The normalized spacial score (nSPS) is 23.7. The Balaban J connectivity index is 1.44. The molecule has 2 fully saturated rings. The second-order valence-corrected chi connectivity index (χ2v) is 9.84. The number of carbonyl (C=O) groups excluding carboxylic acids is 1. The summed E-state index contributed by atoms with van der Waals surface area (Å²) in [6, 6.07) is 8.26. The van der Waals surface area contributed by atoms with Crippen LogP contribution in [-0.2, 0) is 39.4 Å². The van der Waals surface area contributed by atoms with E-state index in [0.29, 0.717) is 37.2 Å². The van der Waals surface area contributed by atoms with Crippen molar-refractivity contribution in [3.8, 4) is 5.88 Å². The Kier molecular flexibility index (Phi) is 6.80. The number of hydrogen-bond donors (Lipinski definition) is 1. The second-order valence-electron chi connectivity index (χ2n) is 9.43. The maximum absolute atomic E-state index is 14.2. The minimum atomic E-state index is -0.662. The lowest BCUT2D eigenvalue weighted by Crippen LogP contribution is -2.55. The number of rotatable bonds is 8. The van der Waals surface area contributed by atoms with Crippen molar-refractivity contribution in [2.45, 2.75) is 50.5 Å². The van der Waals surface area contributed by atoms with Crippen LogP contribution in [0, 0.1) is 5.92 Å². The molecule has 1 saturated carbocycles. The van der Waals surface area contributed by atoms with Crippen LogP contribution in [0.3, 0.4) is 0 Å². The molecule has 1 saturated heterocycles. The predicted molar refractivity (Wildman–Crippen MR) is 129 cm³/mol. The van der Waals surface area contributed by atoms with E-state index >= 15 is 0 Å². The van der Waals surface area contributed by atoms with Gasteiger partial charge in [0.05, 0.1) is 26.2 Å². The van der Waals surface area contributed by atoms with Gasteiger partial charge in [0, 0.05) is 49.1 Å². The molecule has 1 aromatic carbocycles. The summed E-state index contributed by atoms with van der Waals surface area (Å²) >= 11 is 6.58. The van der Waals surface area contributed by atoms with E-state index in [9.17, 15) is 4.79 Å². The number of fused-ring (bicyclic) bond motifs is 2. The van der Waals surface area contributed by atoms with Crippen molar-refractivity contribution in [2.24, 2.45) is 5.92 Å². The largest absolute Gasteiger partial charge is 0.481 e. The number of piperidine rings is 1. The highest BCUT2D eigenvalue weighted by molar-refractivity contribution is 6.31. The van der Waals surface area contributed by atoms with E-state index in [-0.39, 0.29) is 17.9 Å². The first-order valence-electron chi connectivity index (χ1n) is 12.0. The smallest absolute Gasteiger partial charge is 0.230 e. The molecule has 3 aliphatic rings. The molecule has 1 N–H and O–H groups in total. The van der Waals surface area contributed by atoms with Gasteiger partial charge in [0.2, 0.25) is 11.8 Å². The molecule has 8 heteroatoms. The zero-order valence-corrected chi connectivity index (χ0v) is 20.6. The van der Waals surface area contributed by atoms with E-state index in [4.69, 9.17) is 25.8 Å². The fourth-order valence-electron chi connectivity index (χ4n) is 5.29. The number of amides is 1. The van der Waals surface area contributed by atoms with Crippen molar-refractivity contribution >= 4 is 17.5 Å². The molecular formula is C26H32ClN3O4. The van der Waals surface area contributed by atoms with Gasteiger partial charge in [-0.05, 0) is 55.0 Å². The molecule has 2 aliphatic heterocycles. The average Bonchev–Trinajstić information content (AvgIpc) is 3.65. The van der Waals surface area contributed by atoms with Gasteiger partial charge in [0.15, 0.2) is 0 Å². The number of nitrogens with zero attached hydrogens (tertiary/aromatic N) is 2. The van der Waals surface area contributed by atoms with Gasteiger partial charge in [-0.2, -0.15) is 0 Å². The van der Waals surface area contributed by atoms with Crippen molar-refractivity contribution in [1.82, 2.24) is 15.2 Å². The molecule has 0 bridgehead atoms. The Bertz CT molecular complexity index is 1060. The van der Waals surface area contributed by atoms with E-state index in [0.717, 1.165) is 54.5 Å². The van der Waals surface area contributed by atoms with Gasteiger partial charge < -0.3 is 24.4 Å².